The number of rotatable bonds is 7. The van der Waals surface area contributed by atoms with Crippen molar-refractivity contribution in [2.45, 2.75) is 45.3 Å². The molecule has 35 heavy (non-hydrogen) atoms. The fourth-order valence-corrected chi connectivity index (χ4v) is 4.31. The minimum absolute atomic E-state index is 0.0859. The van der Waals surface area contributed by atoms with Gasteiger partial charge in [-0.05, 0) is 49.4 Å². The second kappa shape index (κ2) is 10.4. The molecule has 0 radical (unpaired) electrons. The second-order valence-electron chi connectivity index (χ2n) is 9.81. The summed E-state index contributed by atoms with van der Waals surface area (Å²) >= 11 is 0. The number of amides is 2. The highest BCUT2D eigenvalue weighted by Crippen LogP contribution is 2.33. The van der Waals surface area contributed by atoms with Crippen molar-refractivity contribution in [2.75, 3.05) is 26.7 Å². The quantitative estimate of drug-likeness (QED) is 0.658. The minimum atomic E-state index is -0.385. The van der Waals surface area contributed by atoms with E-state index in [2.05, 4.69) is 11.1 Å². The number of pyridine rings is 1. The number of benzene rings is 1. The molecule has 184 valence electrons. The zero-order chi connectivity index (χ0) is 25.1. The van der Waals surface area contributed by atoms with E-state index in [1.807, 2.05) is 26.0 Å². The number of nitrogens with zero attached hydrogens (tertiary/aromatic N) is 4. The SMILES string of the molecule is C[C@@H]1CN([C@H](C)CO)C(=O)c2cc(-c3ccc(C#N)cc3)cnc2O[C@H]1CN(C)C(=O)CC1CC1. The first-order chi connectivity index (χ1) is 16.8. The van der Waals surface area contributed by atoms with Gasteiger partial charge < -0.3 is 19.6 Å². The zero-order valence-electron chi connectivity index (χ0n) is 20.5. The van der Waals surface area contributed by atoms with E-state index < -0.39 is 0 Å². The van der Waals surface area contributed by atoms with Crippen molar-refractivity contribution < 1.29 is 19.4 Å². The first-order valence-electron chi connectivity index (χ1n) is 12.1. The Kier molecular flexibility index (Phi) is 7.37. The third-order valence-corrected chi connectivity index (χ3v) is 6.91. The molecule has 1 aliphatic heterocycles. The Bertz CT molecular complexity index is 1120. The van der Waals surface area contributed by atoms with Crippen LogP contribution in [0.4, 0.5) is 0 Å². The van der Waals surface area contributed by atoms with Crippen molar-refractivity contribution in [3.8, 4) is 23.1 Å². The van der Waals surface area contributed by atoms with Gasteiger partial charge in [-0.1, -0.05) is 19.1 Å². The van der Waals surface area contributed by atoms with Gasteiger partial charge in [0.2, 0.25) is 11.8 Å². The monoisotopic (exact) mass is 476 g/mol. The molecule has 1 aromatic carbocycles. The number of aliphatic hydroxyl groups is 1. The number of aromatic nitrogens is 1. The molecule has 3 atom stereocenters. The third kappa shape index (κ3) is 5.63. The van der Waals surface area contributed by atoms with Crippen LogP contribution < -0.4 is 4.74 Å². The lowest BCUT2D eigenvalue weighted by atomic mass is 9.99. The van der Waals surface area contributed by atoms with Gasteiger partial charge in [0, 0.05) is 37.7 Å². The first kappa shape index (κ1) is 24.7. The Morgan fingerprint density at radius 2 is 2.03 bits per heavy atom. The topological polar surface area (TPSA) is 107 Å². The van der Waals surface area contributed by atoms with Crippen molar-refractivity contribution in [3.63, 3.8) is 0 Å². The molecule has 2 aromatic rings. The van der Waals surface area contributed by atoms with Crippen LogP contribution in [0.2, 0.25) is 0 Å². The van der Waals surface area contributed by atoms with Crippen molar-refractivity contribution >= 4 is 11.8 Å². The van der Waals surface area contributed by atoms with E-state index in [4.69, 9.17) is 10.00 Å². The lowest BCUT2D eigenvalue weighted by molar-refractivity contribution is -0.131. The summed E-state index contributed by atoms with van der Waals surface area (Å²) in [7, 11) is 1.79. The number of hydrogen-bond donors (Lipinski definition) is 1. The Morgan fingerprint density at radius 3 is 2.66 bits per heavy atom. The maximum atomic E-state index is 13.6. The van der Waals surface area contributed by atoms with Gasteiger partial charge >= 0.3 is 0 Å². The van der Waals surface area contributed by atoms with E-state index in [9.17, 15) is 14.7 Å². The summed E-state index contributed by atoms with van der Waals surface area (Å²) in [6, 6.07) is 10.5. The van der Waals surface area contributed by atoms with E-state index in [-0.39, 0.29) is 42.4 Å². The van der Waals surface area contributed by atoms with E-state index >= 15 is 0 Å². The summed E-state index contributed by atoms with van der Waals surface area (Å²) in [5, 5.41) is 18.9. The highest BCUT2D eigenvalue weighted by Gasteiger charge is 2.35. The van der Waals surface area contributed by atoms with Gasteiger partial charge in [0.1, 0.15) is 11.7 Å². The van der Waals surface area contributed by atoms with Gasteiger partial charge in [0.15, 0.2) is 0 Å². The molecule has 0 bridgehead atoms. The molecule has 2 heterocycles. The molecule has 1 fully saturated rings. The predicted octanol–water partition coefficient (Wildman–Crippen LogP) is 3.10. The van der Waals surface area contributed by atoms with Crippen LogP contribution in [0.1, 0.15) is 49.0 Å². The number of nitriles is 1. The highest BCUT2D eigenvalue weighted by molar-refractivity contribution is 5.98. The van der Waals surface area contributed by atoms with E-state index in [0.29, 0.717) is 36.6 Å². The smallest absolute Gasteiger partial charge is 0.259 e. The normalized spacial score (nSPS) is 20.7. The fourth-order valence-electron chi connectivity index (χ4n) is 4.31. The molecule has 0 spiro atoms. The molecular formula is C27H32N4O4. The van der Waals surface area contributed by atoms with Gasteiger partial charge in [0.05, 0.1) is 30.8 Å². The van der Waals surface area contributed by atoms with Crippen LogP contribution in [0.3, 0.4) is 0 Å². The number of carbonyl (C=O) groups excluding carboxylic acids is 2. The van der Waals surface area contributed by atoms with E-state index in [0.717, 1.165) is 24.0 Å². The molecule has 2 amide bonds. The number of carbonyl (C=O) groups is 2. The molecule has 1 aromatic heterocycles. The maximum absolute atomic E-state index is 13.6. The molecule has 1 saturated carbocycles. The molecule has 0 unspecified atom stereocenters. The summed E-state index contributed by atoms with van der Waals surface area (Å²) in [4.78, 5) is 34.1. The number of ether oxygens (including phenoxy) is 1. The molecular weight excluding hydrogens is 444 g/mol. The second-order valence-corrected chi connectivity index (χ2v) is 9.81. The highest BCUT2D eigenvalue weighted by atomic mass is 16.5. The van der Waals surface area contributed by atoms with Crippen LogP contribution in [0.5, 0.6) is 5.88 Å². The average Bonchev–Trinajstić information content (AvgIpc) is 3.69. The standard InChI is InChI=1S/C27H32N4O4/c1-17-14-31(18(2)16-32)27(34)23-11-22(21-8-6-20(12-28)7-9-21)13-29-26(23)35-24(17)15-30(3)25(33)10-19-4-5-19/h6-9,11,13,17-19,24,32H,4-5,10,14-16H2,1-3H3/t17-,18-,24+/m1/s1. The first-order valence-corrected chi connectivity index (χ1v) is 12.1. The Labute approximate surface area is 206 Å². The predicted molar refractivity (Wildman–Crippen MR) is 131 cm³/mol. The zero-order valence-corrected chi connectivity index (χ0v) is 20.5. The summed E-state index contributed by atoms with van der Waals surface area (Å²) in [5.41, 5.74) is 2.42. The van der Waals surface area contributed by atoms with E-state index in [1.54, 1.807) is 41.2 Å². The van der Waals surface area contributed by atoms with Crippen LogP contribution in [0.15, 0.2) is 36.5 Å². The van der Waals surface area contributed by atoms with Crippen LogP contribution in [-0.2, 0) is 4.79 Å². The number of likely N-dealkylation sites (N-methyl/N-ethyl adjacent to an activating group) is 1. The molecule has 1 N–H and O–H groups in total. The Hall–Kier alpha value is -3.44. The molecule has 4 rings (SSSR count). The van der Waals surface area contributed by atoms with Crippen LogP contribution in [0.25, 0.3) is 11.1 Å². The summed E-state index contributed by atoms with van der Waals surface area (Å²) < 4.78 is 6.29. The largest absolute Gasteiger partial charge is 0.472 e. The summed E-state index contributed by atoms with van der Waals surface area (Å²) in [6.45, 7) is 4.41. The Balaban J connectivity index is 1.66. The summed E-state index contributed by atoms with van der Waals surface area (Å²) in [6.07, 6.45) is 4.08. The van der Waals surface area contributed by atoms with Gasteiger partial charge in [-0.2, -0.15) is 5.26 Å². The van der Waals surface area contributed by atoms with Crippen LogP contribution in [0, 0.1) is 23.2 Å². The number of hydrogen-bond acceptors (Lipinski definition) is 6. The minimum Gasteiger partial charge on any atom is -0.472 e. The molecule has 8 nitrogen and oxygen atoms in total. The van der Waals surface area contributed by atoms with Crippen LogP contribution >= 0.6 is 0 Å². The van der Waals surface area contributed by atoms with Crippen molar-refractivity contribution in [1.29, 1.82) is 5.26 Å². The lowest BCUT2D eigenvalue weighted by Gasteiger charge is -2.37. The number of fused-ring (bicyclic) bond motifs is 1. The third-order valence-electron chi connectivity index (χ3n) is 6.91. The lowest BCUT2D eigenvalue weighted by Crippen LogP contribution is -2.50. The van der Waals surface area contributed by atoms with Gasteiger partial charge in [-0.15, -0.1) is 0 Å². The van der Waals surface area contributed by atoms with Crippen molar-refractivity contribution in [3.05, 3.63) is 47.7 Å². The van der Waals surface area contributed by atoms with Crippen molar-refractivity contribution in [2.24, 2.45) is 11.8 Å². The fraction of sp³-hybridized carbons (Fsp3) is 0.481. The molecule has 2 aliphatic rings. The van der Waals surface area contributed by atoms with Crippen LogP contribution in [-0.4, -0.2) is 70.6 Å². The van der Waals surface area contributed by atoms with Gasteiger partial charge in [-0.25, -0.2) is 4.98 Å². The maximum Gasteiger partial charge on any atom is 0.259 e. The number of aliphatic hydroxyl groups excluding tert-OH is 1. The van der Waals surface area contributed by atoms with Crippen molar-refractivity contribution in [1.82, 2.24) is 14.8 Å². The van der Waals surface area contributed by atoms with E-state index in [1.165, 1.54) is 0 Å². The molecule has 1 aliphatic carbocycles. The molecule has 0 saturated heterocycles. The molecule has 8 heteroatoms. The van der Waals surface area contributed by atoms with Gasteiger partial charge in [-0.3, -0.25) is 9.59 Å². The Morgan fingerprint density at radius 1 is 1.31 bits per heavy atom. The van der Waals surface area contributed by atoms with Gasteiger partial charge in [0.25, 0.3) is 5.91 Å². The average molecular weight is 477 g/mol. The summed E-state index contributed by atoms with van der Waals surface area (Å²) in [5.74, 6) is 0.487.